The van der Waals surface area contributed by atoms with Crippen molar-refractivity contribution in [2.75, 3.05) is 26.7 Å². The minimum atomic E-state index is -0.250. The van der Waals surface area contributed by atoms with Crippen LogP contribution in [0.5, 0.6) is 17.4 Å². The number of ether oxygens (including phenoxy) is 2. The van der Waals surface area contributed by atoms with Crippen LogP contribution in [0.3, 0.4) is 0 Å². The Bertz CT molecular complexity index is 924. The average Bonchev–Trinajstić information content (AvgIpc) is 2.80. The molecule has 2 heterocycles. The lowest BCUT2D eigenvalue weighted by molar-refractivity contribution is -0.119. The number of nitrogens with two attached hydrogens (primary N) is 1. The summed E-state index contributed by atoms with van der Waals surface area (Å²) in [6, 6.07) is 11.5. The third-order valence-electron chi connectivity index (χ3n) is 5.32. The Balaban J connectivity index is 0.00000385. The predicted octanol–water partition coefficient (Wildman–Crippen LogP) is 3.94. The molecule has 0 aliphatic carbocycles. The number of primary amides is 1. The minimum absolute atomic E-state index is 0. The Labute approximate surface area is 213 Å². The molecule has 1 aromatic carbocycles. The molecular weight excluding hydrogens is 533 g/mol. The summed E-state index contributed by atoms with van der Waals surface area (Å²) in [6.07, 6.45) is 5.06. The van der Waals surface area contributed by atoms with Crippen molar-refractivity contribution in [3.05, 3.63) is 48.2 Å². The van der Waals surface area contributed by atoms with E-state index in [9.17, 15) is 4.79 Å². The van der Waals surface area contributed by atoms with Crippen molar-refractivity contribution >= 4 is 35.8 Å². The van der Waals surface area contributed by atoms with Crippen LogP contribution in [-0.4, -0.2) is 48.5 Å². The van der Waals surface area contributed by atoms with Crippen LogP contribution < -0.4 is 20.5 Å². The maximum absolute atomic E-state index is 11.3. The van der Waals surface area contributed by atoms with Gasteiger partial charge in [0, 0.05) is 44.9 Å². The largest absolute Gasteiger partial charge is 0.490 e. The van der Waals surface area contributed by atoms with Crippen LogP contribution in [0, 0.1) is 5.92 Å². The quantitative estimate of drug-likeness (QED) is 0.271. The average molecular weight is 567 g/mol. The molecule has 1 aliphatic rings. The first kappa shape index (κ1) is 26.7. The molecule has 9 heteroatoms. The van der Waals surface area contributed by atoms with Gasteiger partial charge >= 0.3 is 0 Å². The molecule has 1 fully saturated rings. The first-order chi connectivity index (χ1) is 15.6. The molecule has 1 aliphatic heterocycles. The van der Waals surface area contributed by atoms with Gasteiger partial charge in [-0.3, -0.25) is 9.79 Å². The number of aromatic nitrogens is 1. The fourth-order valence-corrected chi connectivity index (χ4v) is 3.84. The number of piperidine rings is 1. The number of hydrogen-bond donors (Lipinski definition) is 2. The Kier molecular flexibility index (Phi) is 11.2. The molecule has 0 spiro atoms. The molecule has 1 amide bonds. The van der Waals surface area contributed by atoms with Crippen molar-refractivity contribution in [2.45, 2.75) is 39.2 Å². The molecule has 1 atom stereocenters. The number of para-hydroxylation sites is 2. The van der Waals surface area contributed by atoms with Crippen molar-refractivity contribution in [3.8, 4) is 17.4 Å². The van der Waals surface area contributed by atoms with Gasteiger partial charge < -0.3 is 25.4 Å². The van der Waals surface area contributed by atoms with Crippen LogP contribution in [0.15, 0.2) is 47.6 Å². The topological polar surface area (TPSA) is 102 Å². The summed E-state index contributed by atoms with van der Waals surface area (Å²) in [5.41, 5.74) is 6.30. The Morgan fingerprint density at radius 2 is 2.06 bits per heavy atom. The zero-order valence-electron chi connectivity index (χ0n) is 19.3. The van der Waals surface area contributed by atoms with E-state index in [1.807, 2.05) is 36.4 Å². The maximum Gasteiger partial charge on any atom is 0.224 e. The summed E-state index contributed by atoms with van der Waals surface area (Å²) < 4.78 is 11.9. The minimum Gasteiger partial charge on any atom is -0.490 e. The highest BCUT2D eigenvalue weighted by molar-refractivity contribution is 14.0. The number of nitrogens with zero attached hydrogens (tertiary/aromatic N) is 3. The van der Waals surface area contributed by atoms with Gasteiger partial charge in [0.05, 0.1) is 6.61 Å². The summed E-state index contributed by atoms with van der Waals surface area (Å²) in [6.45, 7) is 4.86. The lowest BCUT2D eigenvalue weighted by Gasteiger charge is -2.34. The van der Waals surface area contributed by atoms with Crippen LogP contribution in [0.25, 0.3) is 0 Å². The highest BCUT2D eigenvalue weighted by Crippen LogP contribution is 2.32. The van der Waals surface area contributed by atoms with E-state index in [1.54, 1.807) is 13.2 Å². The van der Waals surface area contributed by atoms with Crippen molar-refractivity contribution in [3.63, 3.8) is 0 Å². The number of rotatable bonds is 9. The zero-order chi connectivity index (χ0) is 22.8. The Morgan fingerprint density at radius 3 is 2.79 bits per heavy atom. The van der Waals surface area contributed by atoms with Gasteiger partial charge in [0.1, 0.15) is 0 Å². The molecule has 180 valence electrons. The first-order valence-corrected chi connectivity index (χ1v) is 11.2. The number of amides is 1. The lowest BCUT2D eigenvalue weighted by atomic mass is 9.95. The number of benzene rings is 1. The van der Waals surface area contributed by atoms with Crippen LogP contribution in [0.4, 0.5) is 0 Å². The molecule has 0 radical (unpaired) electrons. The molecule has 33 heavy (non-hydrogen) atoms. The molecule has 2 aromatic rings. The molecule has 0 saturated carbocycles. The second-order valence-electron chi connectivity index (χ2n) is 7.89. The molecule has 1 saturated heterocycles. The van der Waals surface area contributed by atoms with Gasteiger partial charge in [-0.05, 0) is 43.4 Å². The second-order valence-corrected chi connectivity index (χ2v) is 7.89. The third kappa shape index (κ3) is 8.06. The summed E-state index contributed by atoms with van der Waals surface area (Å²) in [7, 11) is 1.77. The van der Waals surface area contributed by atoms with E-state index < -0.39 is 0 Å². The second kappa shape index (κ2) is 13.9. The van der Waals surface area contributed by atoms with E-state index in [0.717, 1.165) is 43.9 Å². The summed E-state index contributed by atoms with van der Waals surface area (Å²) in [5.74, 6) is 2.66. The SMILES string of the molecule is CCCOc1ccccc1Oc1ncccc1CNC(=NC)N1CCCC(CC(N)=O)C1.I. The Morgan fingerprint density at radius 1 is 1.27 bits per heavy atom. The molecule has 0 bridgehead atoms. The normalized spacial score (nSPS) is 16.0. The van der Waals surface area contributed by atoms with Gasteiger partial charge in [0.25, 0.3) is 0 Å². The van der Waals surface area contributed by atoms with Gasteiger partial charge in [-0.2, -0.15) is 0 Å². The molecular formula is C24H34IN5O3. The first-order valence-electron chi connectivity index (χ1n) is 11.2. The lowest BCUT2D eigenvalue weighted by Crippen LogP contribution is -2.46. The number of likely N-dealkylation sites (tertiary alicyclic amines) is 1. The predicted molar refractivity (Wildman–Crippen MR) is 140 cm³/mol. The fraction of sp³-hybridized carbons (Fsp3) is 0.458. The van der Waals surface area contributed by atoms with Gasteiger partial charge in [-0.1, -0.05) is 25.1 Å². The Hall–Kier alpha value is -2.56. The van der Waals surface area contributed by atoms with Crippen molar-refractivity contribution in [1.82, 2.24) is 15.2 Å². The van der Waals surface area contributed by atoms with E-state index in [2.05, 4.69) is 27.1 Å². The smallest absolute Gasteiger partial charge is 0.224 e. The summed E-state index contributed by atoms with van der Waals surface area (Å²) in [4.78, 5) is 22.4. The number of guanidine groups is 1. The number of nitrogens with one attached hydrogen (secondary N) is 1. The van der Waals surface area contributed by atoms with E-state index in [4.69, 9.17) is 15.2 Å². The molecule has 1 unspecified atom stereocenters. The standard InChI is InChI=1S/C24H33N5O3.HI/c1-3-14-31-20-10-4-5-11-21(20)32-23-19(9-6-12-27-23)16-28-24(26-2)29-13-7-8-18(17-29)15-22(25)30;/h4-6,9-12,18H,3,7-8,13-17H2,1-2H3,(H2,25,30)(H,26,28);1H. The summed E-state index contributed by atoms with van der Waals surface area (Å²) >= 11 is 0. The van der Waals surface area contributed by atoms with E-state index in [-0.39, 0.29) is 35.8 Å². The van der Waals surface area contributed by atoms with Crippen molar-refractivity contribution in [1.29, 1.82) is 0 Å². The van der Waals surface area contributed by atoms with Crippen molar-refractivity contribution < 1.29 is 14.3 Å². The fourth-order valence-electron chi connectivity index (χ4n) is 3.84. The number of pyridine rings is 1. The molecule has 3 rings (SSSR count). The highest BCUT2D eigenvalue weighted by atomic mass is 127. The number of hydrogen-bond acceptors (Lipinski definition) is 5. The monoisotopic (exact) mass is 567 g/mol. The number of aliphatic imine (C=N–C) groups is 1. The van der Waals surface area contributed by atoms with Gasteiger partial charge in [-0.15, -0.1) is 24.0 Å². The third-order valence-corrected chi connectivity index (χ3v) is 5.32. The van der Waals surface area contributed by atoms with E-state index in [0.29, 0.717) is 37.0 Å². The van der Waals surface area contributed by atoms with Crippen LogP contribution in [0.1, 0.15) is 38.2 Å². The van der Waals surface area contributed by atoms with Crippen LogP contribution in [-0.2, 0) is 11.3 Å². The summed E-state index contributed by atoms with van der Waals surface area (Å²) in [5, 5.41) is 3.41. The molecule has 3 N–H and O–H groups in total. The van der Waals surface area contributed by atoms with Crippen LogP contribution in [0.2, 0.25) is 0 Å². The van der Waals surface area contributed by atoms with Crippen molar-refractivity contribution in [2.24, 2.45) is 16.6 Å². The molecule has 8 nitrogen and oxygen atoms in total. The number of halogens is 1. The van der Waals surface area contributed by atoms with Gasteiger partial charge in [0.2, 0.25) is 11.8 Å². The highest BCUT2D eigenvalue weighted by Gasteiger charge is 2.23. The number of carbonyl (C=O) groups excluding carboxylic acids is 1. The van der Waals surface area contributed by atoms with Crippen LogP contribution >= 0.6 is 24.0 Å². The number of carbonyl (C=O) groups is 1. The van der Waals surface area contributed by atoms with E-state index in [1.165, 1.54) is 0 Å². The maximum atomic E-state index is 11.3. The molecule has 1 aromatic heterocycles. The van der Waals surface area contributed by atoms with Gasteiger partial charge in [-0.25, -0.2) is 4.98 Å². The zero-order valence-corrected chi connectivity index (χ0v) is 21.7. The van der Waals surface area contributed by atoms with E-state index >= 15 is 0 Å². The van der Waals surface area contributed by atoms with Gasteiger partial charge in [0.15, 0.2) is 17.5 Å².